The number of nitrogens with two attached hydrogens (primary N) is 2. The SMILES string of the molecule is CC.CCNC(=O)CCCCN=C(N)N.Cc1ccc(-c2ccc(C(CC(=O)O)NC=O)cc2)c2ccccc12. The van der Waals surface area contributed by atoms with Crippen LogP contribution in [0.1, 0.15) is 63.6 Å². The summed E-state index contributed by atoms with van der Waals surface area (Å²) in [4.78, 5) is 36.5. The number of hydrogen-bond donors (Lipinski definition) is 5. The Kier molecular flexibility index (Phi) is 15.8. The first-order chi connectivity index (χ1) is 19.3. The van der Waals surface area contributed by atoms with Crippen molar-refractivity contribution in [3.05, 3.63) is 71.8 Å². The van der Waals surface area contributed by atoms with Crippen molar-refractivity contribution in [2.24, 2.45) is 16.5 Å². The van der Waals surface area contributed by atoms with Crippen molar-refractivity contribution >= 4 is 35.0 Å². The number of unbranched alkanes of at least 4 members (excludes halogenated alkanes) is 1. The number of amides is 2. The molecule has 0 bridgehead atoms. The van der Waals surface area contributed by atoms with Gasteiger partial charge >= 0.3 is 5.97 Å². The van der Waals surface area contributed by atoms with E-state index < -0.39 is 12.0 Å². The van der Waals surface area contributed by atoms with Gasteiger partial charge < -0.3 is 27.2 Å². The molecule has 1 atom stereocenters. The van der Waals surface area contributed by atoms with Gasteiger partial charge in [0.2, 0.25) is 12.3 Å². The molecular formula is C31H43N5O4. The van der Waals surface area contributed by atoms with E-state index in [9.17, 15) is 14.4 Å². The minimum atomic E-state index is -0.951. The van der Waals surface area contributed by atoms with Crippen LogP contribution in [0.15, 0.2) is 65.7 Å². The van der Waals surface area contributed by atoms with Gasteiger partial charge in [-0.2, -0.15) is 0 Å². The number of carboxylic acids is 1. The lowest BCUT2D eigenvalue weighted by atomic mass is 9.94. The number of carbonyl (C=O) groups excluding carboxylic acids is 2. The Hall–Kier alpha value is -4.40. The van der Waals surface area contributed by atoms with Crippen LogP contribution in [-0.4, -0.2) is 42.4 Å². The Balaban J connectivity index is 0.000000454. The molecule has 3 aromatic rings. The van der Waals surface area contributed by atoms with E-state index in [4.69, 9.17) is 16.6 Å². The number of guanidine groups is 1. The fourth-order valence-electron chi connectivity index (χ4n) is 4.02. The second kappa shape index (κ2) is 18.8. The molecule has 7 N–H and O–H groups in total. The van der Waals surface area contributed by atoms with E-state index in [-0.39, 0.29) is 18.3 Å². The lowest BCUT2D eigenvalue weighted by Gasteiger charge is -2.15. The van der Waals surface area contributed by atoms with Gasteiger partial charge in [0.05, 0.1) is 12.5 Å². The third kappa shape index (κ3) is 11.6. The Morgan fingerprint density at radius 1 is 0.975 bits per heavy atom. The van der Waals surface area contributed by atoms with E-state index >= 15 is 0 Å². The Labute approximate surface area is 237 Å². The maximum Gasteiger partial charge on any atom is 0.305 e. The molecule has 0 saturated carbocycles. The van der Waals surface area contributed by atoms with Crippen molar-refractivity contribution in [3.8, 4) is 11.1 Å². The zero-order valence-electron chi connectivity index (χ0n) is 23.9. The third-order valence-corrected chi connectivity index (χ3v) is 5.89. The molecule has 2 amide bonds. The quantitative estimate of drug-likeness (QED) is 0.0955. The van der Waals surface area contributed by atoms with Crippen LogP contribution in [0.25, 0.3) is 21.9 Å². The molecule has 0 heterocycles. The number of hydrogen-bond acceptors (Lipinski definition) is 4. The summed E-state index contributed by atoms with van der Waals surface area (Å²) in [6.07, 6.45) is 2.60. The van der Waals surface area contributed by atoms with E-state index in [1.165, 1.54) is 16.3 Å². The lowest BCUT2D eigenvalue weighted by molar-refractivity contribution is -0.137. The summed E-state index contributed by atoms with van der Waals surface area (Å²) < 4.78 is 0. The zero-order chi connectivity index (χ0) is 29.9. The first-order valence-electron chi connectivity index (χ1n) is 13.6. The molecule has 9 nitrogen and oxygen atoms in total. The average Bonchev–Trinajstić information content (AvgIpc) is 2.94. The van der Waals surface area contributed by atoms with Crippen molar-refractivity contribution in [2.75, 3.05) is 13.1 Å². The summed E-state index contributed by atoms with van der Waals surface area (Å²) >= 11 is 0. The van der Waals surface area contributed by atoms with Crippen molar-refractivity contribution in [1.29, 1.82) is 0 Å². The molecule has 3 rings (SSSR count). The minimum Gasteiger partial charge on any atom is -0.481 e. The highest BCUT2D eigenvalue weighted by molar-refractivity contribution is 5.98. The number of benzene rings is 3. The monoisotopic (exact) mass is 549 g/mol. The first-order valence-corrected chi connectivity index (χ1v) is 13.6. The molecule has 216 valence electrons. The van der Waals surface area contributed by atoms with E-state index in [0.29, 0.717) is 25.9 Å². The number of aliphatic imine (C=N–C) groups is 1. The fraction of sp³-hybridized carbons (Fsp3) is 0.355. The van der Waals surface area contributed by atoms with Crippen LogP contribution in [0.3, 0.4) is 0 Å². The number of aliphatic carboxylic acids is 1. The molecule has 0 aliphatic heterocycles. The van der Waals surface area contributed by atoms with Gasteiger partial charge in [-0.25, -0.2) is 0 Å². The van der Waals surface area contributed by atoms with Crippen LogP contribution >= 0.6 is 0 Å². The molecule has 0 aliphatic carbocycles. The van der Waals surface area contributed by atoms with E-state index in [0.717, 1.165) is 29.5 Å². The van der Waals surface area contributed by atoms with E-state index in [1.807, 2.05) is 57.2 Å². The van der Waals surface area contributed by atoms with Crippen LogP contribution in [0.2, 0.25) is 0 Å². The normalized spacial score (nSPS) is 10.6. The smallest absolute Gasteiger partial charge is 0.305 e. The summed E-state index contributed by atoms with van der Waals surface area (Å²) in [5, 5.41) is 16.7. The summed E-state index contributed by atoms with van der Waals surface area (Å²) in [7, 11) is 0. The Bertz CT molecular complexity index is 1240. The van der Waals surface area contributed by atoms with Gasteiger partial charge in [0.25, 0.3) is 0 Å². The minimum absolute atomic E-state index is 0.0900. The van der Waals surface area contributed by atoms with Crippen LogP contribution < -0.4 is 22.1 Å². The molecule has 0 aliphatic rings. The van der Waals surface area contributed by atoms with Crippen LogP contribution in [0, 0.1) is 6.92 Å². The van der Waals surface area contributed by atoms with Gasteiger partial charge in [0.1, 0.15) is 0 Å². The second-order valence-corrected chi connectivity index (χ2v) is 8.75. The zero-order valence-corrected chi connectivity index (χ0v) is 23.9. The van der Waals surface area contributed by atoms with Crippen LogP contribution in [-0.2, 0) is 14.4 Å². The maximum atomic E-state index is 11.0. The van der Waals surface area contributed by atoms with Crippen LogP contribution in [0.5, 0.6) is 0 Å². The van der Waals surface area contributed by atoms with E-state index in [2.05, 4.69) is 46.8 Å². The number of fused-ring (bicyclic) bond motifs is 1. The standard InChI is InChI=1S/C21H19NO3.C8H18N4O.C2H6/c1-14-6-11-18(19-5-3-2-4-17(14)19)15-7-9-16(10-8-15)20(22-13-23)12-21(24)25;1-2-11-7(13)5-3-4-6-12-8(9)10;1-2/h2-11,13,20H,12H2,1H3,(H,22,23)(H,24,25);2-6H2,1H3,(H,11,13)(H4,9,10,12);1-2H3. The molecule has 0 spiro atoms. The molecule has 1 unspecified atom stereocenters. The van der Waals surface area contributed by atoms with Gasteiger partial charge in [0, 0.05) is 19.5 Å². The number of nitrogens with one attached hydrogen (secondary N) is 2. The largest absolute Gasteiger partial charge is 0.481 e. The molecule has 0 saturated heterocycles. The second-order valence-electron chi connectivity index (χ2n) is 8.75. The number of rotatable bonds is 12. The predicted octanol–water partition coefficient (Wildman–Crippen LogP) is 4.67. The number of aryl methyl sites for hydroxylation is 1. The van der Waals surface area contributed by atoms with Crippen LogP contribution in [0.4, 0.5) is 0 Å². The molecule has 0 aromatic heterocycles. The topological polar surface area (TPSA) is 160 Å². The van der Waals surface area contributed by atoms with Gasteiger partial charge in [0.15, 0.2) is 5.96 Å². The summed E-state index contributed by atoms with van der Waals surface area (Å²) in [6.45, 7) is 9.28. The fourth-order valence-corrected chi connectivity index (χ4v) is 4.02. The molecule has 3 aromatic carbocycles. The maximum absolute atomic E-state index is 11.0. The summed E-state index contributed by atoms with van der Waals surface area (Å²) in [6, 6.07) is 19.6. The van der Waals surface area contributed by atoms with Gasteiger partial charge in [-0.15, -0.1) is 0 Å². The van der Waals surface area contributed by atoms with Gasteiger partial charge in [-0.05, 0) is 59.7 Å². The Morgan fingerprint density at radius 2 is 1.62 bits per heavy atom. The third-order valence-electron chi connectivity index (χ3n) is 5.89. The highest BCUT2D eigenvalue weighted by Gasteiger charge is 2.15. The molecule has 0 fully saturated rings. The van der Waals surface area contributed by atoms with Gasteiger partial charge in [-0.1, -0.05) is 74.5 Å². The highest BCUT2D eigenvalue weighted by Crippen LogP contribution is 2.31. The van der Waals surface area contributed by atoms with Crippen molar-refractivity contribution in [1.82, 2.24) is 10.6 Å². The number of nitrogens with zero attached hydrogens (tertiary/aromatic N) is 1. The lowest BCUT2D eigenvalue weighted by Crippen LogP contribution is -2.23. The number of carboxylic acid groups (broad SMARTS) is 1. The molecular weight excluding hydrogens is 506 g/mol. The van der Waals surface area contributed by atoms with Gasteiger partial charge in [-0.3, -0.25) is 19.4 Å². The molecule has 9 heteroatoms. The van der Waals surface area contributed by atoms with Crippen molar-refractivity contribution in [2.45, 2.75) is 59.4 Å². The number of carbonyl (C=O) groups is 3. The summed E-state index contributed by atoms with van der Waals surface area (Å²) in [5.74, 6) is -0.752. The van der Waals surface area contributed by atoms with E-state index in [1.54, 1.807) is 0 Å². The van der Waals surface area contributed by atoms with Crippen molar-refractivity contribution < 1.29 is 19.5 Å². The Morgan fingerprint density at radius 3 is 2.20 bits per heavy atom. The average molecular weight is 550 g/mol. The molecule has 0 radical (unpaired) electrons. The predicted molar refractivity (Wildman–Crippen MR) is 163 cm³/mol. The highest BCUT2D eigenvalue weighted by atomic mass is 16.4. The first kappa shape index (κ1) is 33.6. The molecule has 40 heavy (non-hydrogen) atoms. The van der Waals surface area contributed by atoms with Crippen molar-refractivity contribution in [3.63, 3.8) is 0 Å². The summed E-state index contributed by atoms with van der Waals surface area (Å²) in [5.41, 5.74) is 14.4.